The summed E-state index contributed by atoms with van der Waals surface area (Å²) in [6.45, 7) is 7.58. The first-order valence-corrected chi connectivity index (χ1v) is 13.0. The van der Waals surface area contributed by atoms with Crippen LogP contribution in [-0.4, -0.2) is 32.0 Å². The quantitative estimate of drug-likeness (QED) is 0.383. The van der Waals surface area contributed by atoms with Crippen molar-refractivity contribution in [3.8, 4) is 5.75 Å². The average molecular weight is 463 g/mol. The molecule has 4 rings (SSSR count). The fourth-order valence-electron chi connectivity index (χ4n) is 6.02. The highest BCUT2D eigenvalue weighted by atomic mass is 19.2. The second-order valence-electron chi connectivity index (χ2n) is 10.2. The molecule has 1 aromatic carbocycles. The lowest BCUT2D eigenvalue weighted by molar-refractivity contribution is -0.0856. The van der Waals surface area contributed by atoms with E-state index >= 15 is 0 Å². The Morgan fingerprint density at radius 1 is 0.970 bits per heavy atom. The first kappa shape index (κ1) is 24.7. The van der Waals surface area contributed by atoms with Crippen LogP contribution in [0.2, 0.25) is 0 Å². The summed E-state index contributed by atoms with van der Waals surface area (Å²) in [5.74, 6) is 0.315. The Morgan fingerprint density at radius 3 is 2.36 bits per heavy atom. The van der Waals surface area contributed by atoms with Gasteiger partial charge in [-0.15, -0.1) is 6.58 Å². The highest BCUT2D eigenvalue weighted by Crippen LogP contribution is 2.39. The van der Waals surface area contributed by atoms with Crippen LogP contribution in [0.5, 0.6) is 5.75 Å². The molecule has 2 aliphatic carbocycles. The summed E-state index contributed by atoms with van der Waals surface area (Å²) in [7, 11) is 0. The van der Waals surface area contributed by atoms with Crippen molar-refractivity contribution >= 4 is 0 Å². The van der Waals surface area contributed by atoms with Crippen molar-refractivity contribution in [1.29, 1.82) is 0 Å². The molecule has 1 saturated heterocycles. The van der Waals surface area contributed by atoms with Crippen LogP contribution in [0, 0.1) is 29.4 Å². The molecule has 0 N–H and O–H groups in total. The molecule has 3 nitrogen and oxygen atoms in total. The number of halogens is 2. The van der Waals surface area contributed by atoms with E-state index in [4.69, 9.17) is 14.2 Å². The van der Waals surface area contributed by atoms with E-state index in [9.17, 15) is 8.78 Å². The Labute approximate surface area is 197 Å². The minimum atomic E-state index is -0.864. The number of hydrogen-bond acceptors (Lipinski definition) is 3. The number of hydrogen-bond donors (Lipinski definition) is 0. The number of benzene rings is 1. The molecule has 33 heavy (non-hydrogen) atoms. The molecule has 0 radical (unpaired) electrons. The van der Waals surface area contributed by atoms with E-state index < -0.39 is 11.6 Å². The third-order valence-corrected chi connectivity index (χ3v) is 8.14. The smallest absolute Gasteiger partial charge is 0.200 e. The van der Waals surface area contributed by atoms with Crippen LogP contribution in [-0.2, 0) is 9.47 Å². The molecule has 3 fully saturated rings. The van der Waals surface area contributed by atoms with Crippen LogP contribution in [0.3, 0.4) is 0 Å². The Kier molecular flexibility index (Phi) is 8.81. The van der Waals surface area contributed by atoms with Gasteiger partial charge in [0, 0.05) is 5.92 Å². The van der Waals surface area contributed by atoms with E-state index in [-0.39, 0.29) is 17.8 Å². The third kappa shape index (κ3) is 6.16. The Hall–Kier alpha value is -1.46. The maximum Gasteiger partial charge on any atom is 0.200 e. The van der Waals surface area contributed by atoms with Crippen molar-refractivity contribution in [3.63, 3.8) is 0 Å². The lowest BCUT2D eigenvalue weighted by Crippen LogP contribution is -2.36. The highest BCUT2D eigenvalue weighted by Gasteiger charge is 2.32. The summed E-state index contributed by atoms with van der Waals surface area (Å²) in [6.07, 6.45) is 13.6. The van der Waals surface area contributed by atoms with Crippen LogP contribution in [0.1, 0.15) is 82.6 Å². The summed E-state index contributed by atoms with van der Waals surface area (Å²) in [6, 6.07) is 3.25. The van der Waals surface area contributed by atoms with Crippen LogP contribution >= 0.6 is 0 Å². The SMILES string of the molecule is C=CC1CCC(C2CCC(COC3CCC(c4ccc(OCC)c(F)c4F)CC3)CO2)CC1. The normalized spacial score (nSPS) is 32.9. The van der Waals surface area contributed by atoms with Gasteiger partial charge in [-0.3, -0.25) is 0 Å². The van der Waals surface area contributed by atoms with Gasteiger partial charge in [0.05, 0.1) is 32.0 Å². The van der Waals surface area contributed by atoms with Crippen LogP contribution < -0.4 is 4.74 Å². The first-order chi connectivity index (χ1) is 16.1. The predicted octanol–water partition coefficient (Wildman–Crippen LogP) is 7.19. The average Bonchev–Trinajstić information content (AvgIpc) is 2.87. The standard InChI is InChI=1S/C28H40F2O3/c1-3-19-5-8-22(9-6-19)25-15-7-20(18-33-25)17-32-23-12-10-21(11-13-23)24-14-16-26(31-4-2)28(30)27(24)29/h3,14,16,19-23,25H,1,4-13,15,17-18H2,2H3. The van der Waals surface area contributed by atoms with Gasteiger partial charge in [0.25, 0.3) is 0 Å². The summed E-state index contributed by atoms with van der Waals surface area (Å²) >= 11 is 0. The Morgan fingerprint density at radius 2 is 1.73 bits per heavy atom. The molecule has 0 amide bonds. The summed E-state index contributed by atoms with van der Waals surface area (Å²) in [4.78, 5) is 0. The molecule has 2 atom stereocenters. The summed E-state index contributed by atoms with van der Waals surface area (Å²) < 4.78 is 46.5. The number of ether oxygens (including phenoxy) is 3. The van der Waals surface area contributed by atoms with Crippen molar-refractivity contribution in [2.24, 2.45) is 17.8 Å². The molecule has 1 aromatic rings. The van der Waals surface area contributed by atoms with E-state index in [1.54, 1.807) is 19.1 Å². The molecule has 1 heterocycles. The van der Waals surface area contributed by atoms with Gasteiger partial charge >= 0.3 is 0 Å². The molecule has 184 valence electrons. The van der Waals surface area contributed by atoms with Gasteiger partial charge in [0.2, 0.25) is 5.82 Å². The fourth-order valence-corrected chi connectivity index (χ4v) is 6.02. The lowest BCUT2D eigenvalue weighted by atomic mass is 9.77. The molecular formula is C28H40F2O3. The highest BCUT2D eigenvalue weighted by molar-refractivity contribution is 5.33. The van der Waals surface area contributed by atoms with Crippen molar-refractivity contribution < 1.29 is 23.0 Å². The molecule has 0 spiro atoms. The first-order valence-electron chi connectivity index (χ1n) is 13.0. The molecule has 3 aliphatic rings. The fraction of sp³-hybridized carbons (Fsp3) is 0.714. The van der Waals surface area contributed by atoms with Crippen molar-refractivity contribution in [1.82, 2.24) is 0 Å². The third-order valence-electron chi connectivity index (χ3n) is 8.14. The molecule has 5 heteroatoms. The number of allylic oxidation sites excluding steroid dienone is 1. The Balaban J connectivity index is 1.17. The summed E-state index contributed by atoms with van der Waals surface area (Å²) in [5, 5.41) is 0. The van der Waals surface area contributed by atoms with Crippen molar-refractivity contribution in [2.45, 2.75) is 89.3 Å². The van der Waals surface area contributed by atoms with E-state index in [1.165, 1.54) is 32.1 Å². The second kappa shape index (κ2) is 11.8. The van der Waals surface area contributed by atoms with Crippen LogP contribution in [0.4, 0.5) is 8.78 Å². The zero-order valence-electron chi connectivity index (χ0n) is 20.1. The minimum absolute atomic E-state index is 0.00263. The van der Waals surface area contributed by atoms with E-state index in [2.05, 4.69) is 12.7 Å². The van der Waals surface area contributed by atoms with Gasteiger partial charge < -0.3 is 14.2 Å². The van der Waals surface area contributed by atoms with E-state index in [1.807, 2.05) is 0 Å². The molecule has 1 aliphatic heterocycles. The zero-order chi connectivity index (χ0) is 23.2. The maximum absolute atomic E-state index is 14.6. The topological polar surface area (TPSA) is 27.7 Å². The molecule has 2 saturated carbocycles. The Bertz CT molecular complexity index is 759. The van der Waals surface area contributed by atoms with E-state index in [0.717, 1.165) is 45.3 Å². The van der Waals surface area contributed by atoms with E-state index in [0.29, 0.717) is 36.0 Å². The zero-order valence-corrected chi connectivity index (χ0v) is 20.1. The minimum Gasteiger partial charge on any atom is -0.491 e. The molecule has 0 aromatic heterocycles. The van der Waals surface area contributed by atoms with Crippen molar-refractivity contribution in [3.05, 3.63) is 42.0 Å². The lowest BCUT2D eigenvalue weighted by Gasteiger charge is -2.38. The molecular weight excluding hydrogens is 422 g/mol. The van der Waals surface area contributed by atoms with Gasteiger partial charge in [-0.2, -0.15) is 4.39 Å². The molecule has 2 unspecified atom stereocenters. The van der Waals surface area contributed by atoms with Gasteiger partial charge in [-0.05, 0) is 101 Å². The number of rotatable bonds is 8. The van der Waals surface area contributed by atoms with Crippen LogP contribution in [0.25, 0.3) is 0 Å². The van der Waals surface area contributed by atoms with Crippen LogP contribution in [0.15, 0.2) is 24.8 Å². The summed E-state index contributed by atoms with van der Waals surface area (Å²) in [5.41, 5.74) is 0.475. The van der Waals surface area contributed by atoms with Gasteiger partial charge in [0.1, 0.15) is 0 Å². The van der Waals surface area contributed by atoms with Gasteiger partial charge in [-0.1, -0.05) is 12.1 Å². The largest absolute Gasteiger partial charge is 0.491 e. The second-order valence-corrected chi connectivity index (χ2v) is 10.2. The van der Waals surface area contributed by atoms with Gasteiger partial charge in [0.15, 0.2) is 11.6 Å². The van der Waals surface area contributed by atoms with Crippen molar-refractivity contribution in [2.75, 3.05) is 19.8 Å². The molecule has 0 bridgehead atoms. The maximum atomic E-state index is 14.6. The predicted molar refractivity (Wildman–Crippen MR) is 127 cm³/mol. The van der Waals surface area contributed by atoms with Gasteiger partial charge in [-0.25, -0.2) is 4.39 Å². The monoisotopic (exact) mass is 462 g/mol.